The fourth-order valence-electron chi connectivity index (χ4n) is 3.32. The Hall–Kier alpha value is 0.0569. The van der Waals surface area contributed by atoms with Crippen LogP contribution >= 0.6 is 0 Å². The molecule has 0 spiro atoms. The molecule has 1 saturated heterocycles. The number of aliphatic hydroxyl groups is 2. The van der Waals surface area contributed by atoms with Crippen LogP contribution in [0.25, 0.3) is 0 Å². The lowest BCUT2D eigenvalue weighted by atomic mass is 9.64. The van der Waals surface area contributed by atoms with Gasteiger partial charge in [0.2, 0.25) is 0 Å². The number of aliphatic hydroxyl groups excluding tert-OH is 1. The van der Waals surface area contributed by atoms with E-state index in [-0.39, 0.29) is 24.0 Å². The molecule has 1 heterocycles. The van der Waals surface area contributed by atoms with Crippen molar-refractivity contribution in [3.63, 3.8) is 0 Å². The fourth-order valence-corrected chi connectivity index (χ4v) is 4.79. The van der Waals surface area contributed by atoms with Crippen LogP contribution in [-0.4, -0.2) is 49.8 Å². The monoisotopic (exact) mass is 289 g/mol. The smallest absolute Gasteiger partial charge is 0.149 e. The average Bonchev–Trinajstić information content (AvgIpc) is 2.30. The highest BCUT2D eigenvalue weighted by molar-refractivity contribution is 6.58. The molecule has 0 amide bonds. The molecular weight excluding hydrogens is 260 g/mol. The van der Waals surface area contributed by atoms with Crippen LogP contribution < -0.4 is 0 Å². The van der Waals surface area contributed by atoms with Gasteiger partial charge in [-0.15, -0.1) is 0 Å². The molecule has 0 bridgehead atoms. The fraction of sp³-hybridized carbons (Fsp3) is 1.00. The highest BCUT2D eigenvalue weighted by Gasteiger charge is 2.59. The van der Waals surface area contributed by atoms with Crippen molar-refractivity contribution in [2.24, 2.45) is 11.3 Å². The maximum Gasteiger partial charge on any atom is 0.149 e. The lowest BCUT2D eigenvalue weighted by Gasteiger charge is -2.57. The molecule has 0 aromatic heterocycles. The van der Waals surface area contributed by atoms with Crippen LogP contribution in [-0.2, 0) is 9.47 Å². The zero-order valence-electron chi connectivity index (χ0n) is 13.3. The Balaban J connectivity index is 3.18. The Kier molecular flexibility index (Phi) is 4.90. The predicted octanol–water partition coefficient (Wildman–Crippen LogP) is 1.82. The first kappa shape index (κ1) is 17.1. The summed E-state index contributed by atoms with van der Waals surface area (Å²) in [6.07, 6.45) is 0.164. The summed E-state index contributed by atoms with van der Waals surface area (Å²) >= 11 is 0. The summed E-state index contributed by atoms with van der Waals surface area (Å²) in [4.78, 5) is 0. The predicted molar refractivity (Wildman–Crippen MR) is 77.4 cm³/mol. The lowest BCUT2D eigenvalue weighted by molar-refractivity contribution is -0.314. The van der Waals surface area contributed by atoms with E-state index in [0.29, 0.717) is 6.42 Å². The Morgan fingerprint density at radius 1 is 1.37 bits per heavy atom. The summed E-state index contributed by atoms with van der Waals surface area (Å²) < 4.78 is 11.8. The molecule has 1 aliphatic rings. The Morgan fingerprint density at radius 2 is 1.89 bits per heavy atom. The van der Waals surface area contributed by atoms with Crippen molar-refractivity contribution < 1.29 is 19.7 Å². The van der Waals surface area contributed by atoms with Gasteiger partial charge in [-0.3, -0.25) is 0 Å². The zero-order valence-corrected chi connectivity index (χ0v) is 14.3. The number of hydrogen-bond acceptors (Lipinski definition) is 4. The molecule has 113 valence electrons. The quantitative estimate of drug-likeness (QED) is 0.778. The zero-order chi connectivity index (χ0) is 15.1. The second-order valence-corrected chi connectivity index (χ2v) is 9.64. The first-order valence-electron chi connectivity index (χ1n) is 6.92. The summed E-state index contributed by atoms with van der Waals surface area (Å²) in [5, 5.41) is 20.9. The summed E-state index contributed by atoms with van der Waals surface area (Å²) in [6.45, 7) is 12.1. The van der Waals surface area contributed by atoms with Crippen molar-refractivity contribution in [2.45, 2.75) is 64.3 Å². The Bertz CT molecular complexity index is 315. The van der Waals surface area contributed by atoms with E-state index in [2.05, 4.69) is 13.1 Å². The second kappa shape index (κ2) is 5.45. The molecule has 0 aromatic rings. The summed E-state index contributed by atoms with van der Waals surface area (Å²) in [5.74, 6) is -0.240. The second-order valence-electron chi connectivity index (χ2n) is 6.88. The van der Waals surface area contributed by atoms with E-state index < -0.39 is 19.8 Å². The van der Waals surface area contributed by atoms with Gasteiger partial charge >= 0.3 is 0 Å². The molecular formula is C14H29O4Si. The van der Waals surface area contributed by atoms with E-state index in [9.17, 15) is 10.2 Å². The molecule has 4 nitrogen and oxygen atoms in total. The molecule has 1 aliphatic heterocycles. The topological polar surface area (TPSA) is 58.9 Å². The number of ether oxygens (including phenoxy) is 2. The number of rotatable bonds is 3. The minimum absolute atomic E-state index is 0.0538. The molecule has 1 rings (SSSR count). The van der Waals surface area contributed by atoms with E-state index >= 15 is 0 Å². The maximum absolute atomic E-state index is 11.1. The molecule has 0 saturated carbocycles. The normalized spacial score (nSPS) is 40.7. The van der Waals surface area contributed by atoms with Gasteiger partial charge in [0.1, 0.15) is 19.8 Å². The molecule has 4 atom stereocenters. The lowest BCUT2D eigenvalue weighted by Crippen LogP contribution is -2.68. The standard InChI is InChI=1S/C14H29O4Si/c1-10-14(16,12(2,3)4)11(9-15)8-13(17-5,18-10)19(6)7/h10-11,15-16H,8-9H2,1-7H3/t10-,11+,13-,14-/m0/s1. The third-order valence-corrected chi connectivity index (χ3v) is 6.69. The molecule has 19 heavy (non-hydrogen) atoms. The van der Waals surface area contributed by atoms with Crippen molar-refractivity contribution in [3.8, 4) is 0 Å². The molecule has 0 aromatic carbocycles. The SMILES string of the molecule is CO[C@@]1([Si](C)C)C[C@H](CO)[C@](O)(C(C)(C)C)[C@H](C)O1. The van der Waals surface area contributed by atoms with Crippen LogP contribution in [0, 0.1) is 11.3 Å². The third kappa shape index (κ3) is 2.63. The number of methoxy groups -OCH3 is 1. The van der Waals surface area contributed by atoms with Gasteiger partial charge in [0.25, 0.3) is 0 Å². The number of hydrogen-bond donors (Lipinski definition) is 2. The van der Waals surface area contributed by atoms with Gasteiger partial charge in [-0.1, -0.05) is 33.9 Å². The van der Waals surface area contributed by atoms with E-state index in [1.165, 1.54) is 0 Å². The van der Waals surface area contributed by atoms with Crippen molar-refractivity contribution in [2.75, 3.05) is 13.7 Å². The van der Waals surface area contributed by atoms with Crippen molar-refractivity contribution >= 4 is 8.80 Å². The summed E-state index contributed by atoms with van der Waals surface area (Å²) in [6, 6.07) is 0. The van der Waals surface area contributed by atoms with Crippen molar-refractivity contribution in [1.82, 2.24) is 0 Å². The first-order valence-corrected chi connectivity index (χ1v) is 9.42. The molecule has 5 heteroatoms. The van der Waals surface area contributed by atoms with E-state index in [4.69, 9.17) is 9.47 Å². The van der Waals surface area contributed by atoms with Gasteiger partial charge in [0.15, 0.2) is 0 Å². The molecule has 1 fully saturated rings. The highest BCUT2D eigenvalue weighted by Crippen LogP contribution is 2.49. The molecule has 0 unspecified atom stereocenters. The van der Waals surface area contributed by atoms with Gasteiger partial charge in [0.05, 0.1) is 6.10 Å². The molecule has 0 aliphatic carbocycles. The van der Waals surface area contributed by atoms with Crippen LogP contribution in [0.1, 0.15) is 34.1 Å². The van der Waals surface area contributed by atoms with Crippen LogP contribution in [0.4, 0.5) is 0 Å². The Labute approximate surface area is 118 Å². The van der Waals surface area contributed by atoms with E-state index in [1.807, 2.05) is 27.7 Å². The largest absolute Gasteiger partial charge is 0.396 e. The average molecular weight is 289 g/mol. The molecule has 1 radical (unpaired) electrons. The minimum atomic E-state index is -1.05. The summed E-state index contributed by atoms with van der Waals surface area (Å²) in [5.41, 5.74) is -2.05. The molecule has 2 N–H and O–H groups in total. The van der Waals surface area contributed by atoms with Crippen LogP contribution in [0.3, 0.4) is 0 Å². The van der Waals surface area contributed by atoms with Crippen LogP contribution in [0.2, 0.25) is 13.1 Å². The van der Waals surface area contributed by atoms with E-state index in [0.717, 1.165) is 0 Å². The maximum atomic E-state index is 11.1. The van der Waals surface area contributed by atoms with Gasteiger partial charge < -0.3 is 19.7 Å². The van der Waals surface area contributed by atoms with Gasteiger partial charge in [0, 0.05) is 26.1 Å². The summed E-state index contributed by atoms with van der Waals surface area (Å²) in [7, 11) is 0.772. The van der Waals surface area contributed by atoms with Gasteiger partial charge in [-0.2, -0.15) is 0 Å². The van der Waals surface area contributed by atoms with Crippen molar-refractivity contribution in [3.05, 3.63) is 0 Å². The van der Waals surface area contributed by atoms with E-state index in [1.54, 1.807) is 7.11 Å². The van der Waals surface area contributed by atoms with Crippen molar-refractivity contribution in [1.29, 1.82) is 0 Å². The highest BCUT2D eigenvalue weighted by atomic mass is 28.3. The third-order valence-electron chi connectivity index (χ3n) is 4.64. The Morgan fingerprint density at radius 3 is 2.21 bits per heavy atom. The first-order chi connectivity index (χ1) is 8.55. The van der Waals surface area contributed by atoms with Crippen LogP contribution in [0.5, 0.6) is 0 Å². The van der Waals surface area contributed by atoms with Gasteiger partial charge in [-0.25, -0.2) is 0 Å². The van der Waals surface area contributed by atoms with Crippen LogP contribution in [0.15, 0.2) is 0 Å². The van der Waals surface area contributed by atoms with Gasteiger partial charge in [-0.05, 0) is 12.3 Å². The minimum Gasteiger partial charge on any atom is -0.396 e.